The molecule has 0 aromatic carbocycles. The summed E-state index contributed by atoms with van der Waals surface area (Å²) in [6.07, 6.45) is 10.7. The lowest BCUT2D eigenvalue weighted by Gasteiger charge is -2.70. The number of carbonyl (C=O) groups is 1. The maximum absolute atomic E-state index is 11.9. The molecule has 0 amide bonds. The quantitative estimate of drug-likeness (QED) is 0.312. The second kappa shape index (κ2) is 9.11. The predicted octanol–water partition coefficient (Wildman–Crippen LogP) is 7.07. The largest absolute Gasteiger partial charge is 0.462 e. The molecular formula is C32H54O4. The van der Waals surface area contributed by atoms with Crippen LogP contribution in [0.4, 0.5) is 0 Å². The molecule has 206 valence electrons. The van der Waals surface area contributed by atoms with Crippen molar-refractivity contribution in [3.8, 4) is 0 Å². The van der Waals surface area contributed by atoms with Crippen molar-refractivity contribution >= 4 is 5.97 Å². The molecule has 0 spiro atoms. The number of aliphatic hydroxyl groups is 2. The lowest BCUT2D eigenvalue weighted by molar-refractivity contribution is -0.229. The van der Waals surface area contributed by atoms with Gasteiger partial charge in [-0.3, -0.25) is 4.79 Å². The highest BCUT2D eigenvalue weighted by molar-refractivity contribution is 5.66. The van der Waals surface area contributed by atoms with E-state index in [4.69, 9.17) is 4.74 Å². The highest BCUT2D eigenvalue weighted by Crippen LogP contribution is 2.75. The minimum atomic E-state index is -0.859. The SMILES string of the molecule is CC(=O)O[C@H]1CC[C@@]2(C)[C@H](CC[C@]3(C)[C@@H]2CC[C@@H]2[C@H]([C@](C)(O)CCC=C(C)C)[C@@H](O)C[C@]23C)C1(C)C. The number of allylic oxidation sites excluding steroid dienone is 2. The van der Waals surface area contributed by atoms with Crippen molar-refractivity contribution in [1.29, 1.82) is 0 Å². The van der Waals surface area contributed by atoms with Crippen molar-refractivity contribution in [3.05, 3.63) is 11.6 Å². The molecule has 36 heavy (non-hydrogen) atoms. The molecule has 0 unspecified atom stereocenters. The first-order valence-electron chi connectivity index (χ1n) is 14.7. The fourth-order valence-electron chi connectivity index (χ4n) is 10.8. The molecule has 4 aliphatic rings. The third-order valence-corrected chi connectivity index (χ3v) is 12.6. The van der Waals surface area contributed by atoms with Gasteiger partial charge in [0.15, 0.2) is 0 Å². The average molecular weight is 503 g/mol. The Labute approximate surface area is 220 Å². The molecular weight excluding hydrogens is 448 g/mol. The van der Waals surface area contributed by atoms with Crippen LogP contribution in [0, 0.1) is 45.3 Å². The minimum absolute atomic E-state index is 0.00190. The summed E-state index contributed by atoms with van der Waals surface area (Å²) in [5, 5.41) is 23.2. The number of esters is 1. The Balaban J connectivity index is 1.63. The van der Waals surface area contributed by atoms with E-state index in [1.807, 2.05) is 6.92 Å². The van der Waals surface area contributed by atoms with Crippen molar-refractivity contribution in [2.45, 2.75) is 138 Å². The minimum Gasteiger partial charge on any atom is -0.462 e. The van der Waals surface area contributed by atoms with Crippen LogP contribution in [0.1, 0.15) is 120 Å². The van der Waals surface area contributed by atoms with E-state index in [9.17, 15) is 15.0 Å². The van der Waals surface area contributed by atoms with Crippen LogP contribution in [0.3, 0.4) is 0 Å². The van der Waals surface area contributed by atoms with Gasteiger partial charge in [0, 0.05) is 18.3 Å². The zero-order valence-corrected chi connectivity index (χ0v) is 24.6. The summed E-state index contributed by atoms with van der Waals surface area (Å²) >= 11 is 0. The fraction of sp³-hybridized carbons (Fsp3) is 0.906. The van der Waals surface area contributed by atoms with E-state index in [1.165, 1.54) is 12.0 Å². The number of aliphatic hydroxyl groups excluding tert-OH is 1. The van der Waals surface area contributed by atoms with E-state index >= 15 is 0 Å². The first-order valence-corrected chi connectivity index (χ1v) is 14.7. The summed E-state index contributed by atoms with van der Waals surface area (Å²) in [6.45, 7) is 19.9. The second-order valence-corrected chi connectivity index (χ2v) is 15.1. The Kier molecular flexibility index (Phi) is 7.12. The van der Waals surface area contributed by atoms with Gasteiger partial charge in [0.25, 0.3) is 0 Å². The molecule has 0 aromatic heterocycles. The van der Waals surface area contributed by atoms with Gasteiger partial charge in [0.05, 0.1) is 11.7 Å². The molecule has 0 bridgehead atoms. The molecule has 4 saturated carbocycles. The molecule has 4 rings (SSSR count). The highest BCUT2D eigenvalue weighted by atomic mass is 16.5. The Morgan fingerprint density at radius 2 is 1.64 bits per heavy atom. The standard InChI is InChI=1S/C32H54O4/c1-20(2)11-10-16-32(9,35)27-22-12-13-25-29(6)17-15-26(36-21(3)33)28(4,5)24(29)14-18-30(25,7)31(22,8)19-23(27)34/h11,22-27,34-35H,10,12-19H2,1-9H3/t22-,23+,24-,25-,26+,27+,29+,30-,31-,32-/m1/s1. The number of carbonyl (C=O) groups excluding carboxylic acids is 1. The summed E-state index contributed by atoms with van der Waals surface area (Å²) in [7, 11) is 0. The Morgan fingerprint density at radius 3 is 2.25 bits per heavy atom. The zero-order chi connectivity index (χ0) is 26.9. The van der Waals surface area contributed by atoms with E-state index < -0.39 is 11.7 Å². The van der Waals surface area contributed by atoms with Crippen molar-refractivity contribution in [2.75, 3.05) is 0 Å². The molecule has 0 heterocycles. The van der Waals surface area contributed by atoms with E-state index in [1.54, 1.807) is 6.92 Å². The third-order valence-electron chi connectivity index (χ3n) is 12.6. The first-order chi connectivity index (χ1) is 16.5. The number of ether oxygens (including phenoxy) is 1. The summed E-state index contributed by atoms with van der Waals surface area (Å²) in [5.41, 5.74) is 0.748. The van der Waals surface area contributed by atoms with Gasteiger partial charge < -0.3 is 14.9 Å². The average Bonchev–Trinajstić information content (AvgIpc) is 3.01. The van der Waals surface area contributed by atoms with Gasteiger partial charge in [0.2, 0.25) is 0 Å². The van der Waals surface area contributed by atoms with Crippen molar-refractivity contribution < 1.29 is 19.7 Å². The van der Waals surface area contributed by atoms with Crippen LogP contribution in [0.5, 0.6) is 0 Å². The smallest absolute Gasteiger partial charge is 0.302 e. The Hall–Kier alpha value is -0.870. The first kappa shape index (κ1) is 28.1. The number of hydrogen-bond acceptors (Lipinski definition) is 4. The fourth-order valence-corrected chi connectivity index (χ4v) is 10.8. The van der Waals surface area contributed by atoms with E-state index in [2.05, 4.69) is 54.5 Å². The van der Waals surface area contributed by atoms with Crippen LogP contribution in [0.2, 0.25) is 0 Å². The zero-order valence-electron chi connectivity index (χ0n) is 24.6. The molecule has 4 nitrogen and oxygen atoms in total. The second-order valence-electron chi connectivity index (χ2n) is 15.1. The molecule has 0 aromatic rings. The lowest BCUT2D eigenvalue weighted by Crippen LogP contribution is -2.64. The van der Waals surface area contributed by atoms with Gasteiger partial charge in [-0.1, -0.05) is 46.3 Å². The highest BCUT2D eigenvalue weighted by Gasteiger charge is 2.71. The van der Waals surface area contributed by atoms with Gasteiger partial charge in [-0.05, 0) is 113 Å². The number of rotatable bonds is 5. The maximum Gasteiger partial charge on any atom is 0.302 e. The molecule has 0 aliphatic heterocycles. The van der Waals surface area contributed by atoms with E-state index in [0.29, 0.717) is 24.2 Å². The lowest BCUT2D eigenvalue weighted by atomic mass is 9.35. The molecule has 4 aliphatic carbocycles. The van der Waals surface area contributed by atoms with Gasteiger partial charge in [0.1, 0.15) is 6.10 Å². The number of hydrogen-bond donors (Lipinski definition) is 2. The van der Waals surface area contributed by atoms with Crippen molar-refractivity contribution in [1.82, 2.24) is 0 Å². The van der Waals surface area contributed by atoms with Gasteiger partial charge in [-0.15, -0.1) is 0 Å². The predicted molar refractivity (Wildman–Crippen MR) is 145 cm³/mol. The van der Waals surface area contributed by atoms with Crippen molar-refractivity contribution in [3.63, 3.8) is 0 Å². The van der Waals surface area contributed by atoms with Crippen LogP contribution >= 0.6 is 0 Å². The normalized spacial score (nSPS) is 47.1. The van der Waals surface area contributed by atoms with Gasteiger partial charge in [-0.25, -0.2) is 0 Å². The van der Waals surface area contributed by atoms with Crippen LogP contribution in [-0.4, -0.2) is 34.0 Å². The topological polar surface area (TPSA) is 66.8 Å². The monoisotopic (exact) mass is 502 g/mol. The van der Waals surface area contributed by atoms with Gasteiger partial charge in [-0.2, -0.15) is 0 Å². The summed E-state index contributed by atoms with van der Waals surface area (Å²) in [5.74, 6) is 1.24. The van der Waals surface area contributed by atoms with Crippen LogP contribution in [-0.2, 0) is 9.53 Å². The van der Waals surface area contributed by atoms with E-state index in [-0.39, 0.29) is 39.7 Å². The summed E-state index contributed by atoms with van der Waals surface area (Å²) in [6, 6.07) is 0. The van der Waals surface area contributed by atoms with Crippen LogP contribution in [0.25, 0.3) is 0 Å². The summed E-state index contributed by atoms with van der Waals surface area (Å²) < 4.78 is 5.86. The molecule has 4 heteroatoms. The Morgan fingerprint density at radius 1 is 0.972 bits per heavy atom. The van der Waals surface area contributed by atoms with Crippen molar-refractivity contribution in [2.24, 2.45) is 45.3 Å². The van der Waals surface area contributed by atoms with E-state index in [0.717, 1.165) is 44.9 Å². The summed E-state index contributed by atoms with van der Waals surface area (Å²) in [4.78, 5) is 11.9. The molecule has 0 saturated heterocycles. The molecule has 0 radical (unpaired) electrons. The van der Waals surface area contributed by atoms with Gasteiger partial charge >= 0.3 is 5.97 Å². The molecule has 4 fully saturated rings. The molecule has 10 atom stereocenters. The Bertz CT molecular complexity index is 885. The molecule has 2 N–H and O–H groups in total. The van der Waals surface area contributed by atoms with Crippen LogP contribution < -0.4 is 0 Å². The maximum atomic E-state index is 11.9. The third kappa shape index (κ3) is 4.12. The number of fused-ring (bicyclic) bond motifs is 5. The van der Waals surface area contributed by atoms with Crippen LogP contribution in [0.15, 0.2) is 11.6 Å².